The number of rotatable bonds is 5. The molecule has 2 rings (SSSR count). The van der Waals surface area contributed by atoms with Crippen molar-refractivity contribution >= 4 is 5.91 Å². The number of carbonyl (C=O) groups excluding carboxylic acids is 1. The normalized spacial score (nSPS) is 17.4. The molecule has 1 atom stereocenters. The van der Waals surface area contributed by atoms with Gasteiger partial charge in [0.15, 0.2) is 17.7 Å². The molecule has 1 fully saturated rings. The number of piperidine rings is 1. The van der Waals surface area contributed by atoms with Crippen LogP contribution in [0.2, 0.25) is 0 Å². The van der Waals surface area contributed by atoms with Gasteiger partial charge in [-0.15, -0.1) is 0 Å². The van der Waals surface area contributed by atoms with Crippen LogP contribution in [-0.4, -0.2) is 43.6 Å². The molecule has 6 heteroatoms. The van der Waals surface area contributed by atoms with Crippen LogP contribution < -0.4 is 10.1 Å². The Labute approximate surface area is 129 Å². The Morgan fingerprint density at radius 2 is 2.05 bits per heavy atom. The lowest BCUT2D eigenvalue weighted by Crippen LogP contribution is -2.45. The molecule has 1 aromatic carbocycles. The zero-order chi connectivity index (χ0) is 16.1. The van der Waals surface area contributed by atoms with Crippen molar-refractivity contribution in [1.82, 2.24) is 10.2 Å². The Hall–Kier alpha value is -1.69. The van der Waals surface area contributed by atoms with Crippen molar-refractivity contribution in [2.24, 2.45) is 5.92 Å². The molecule has 1 saturated heterocycles. The number of ether oxygens (including phenoxy) is 1. The van der Waals surface area contributed by atoms with E-state index in [2.05, 4.69) is 5.32 Å². The van der Waals surface area contributed by atoms with E-state index in [1.807, 2.05) is 7.05 Å². The minimum atomic E-state index is -0.981. The fourth-order valence-corrected chi connectivity index (χ4v) is 2.71. The van der Waals surface area contributed by atoms with Crippen LogP contribution in [0.4, 0.5) is 8.78 Å². The standard InChI is InChI=1S/C16H22F2N2O2/c1-11(22-13-3-4-14(17)15(18)9-13)16(21)20-7-5-12(6-8-20)10-19-2/h3-4,9,11-12,19H,5-8,10H2,1-2H3. The summed E-state index contributed by atoms with van der Waals surface area (Å²) in [5, 5.41) is 3.15. The second-order valence-electron chi connectivity index (χ2n) is 5.66. The van der Waals surface area contributed by atoms with Gasteiger partial charge in [0.25, 0.3) is 5.91 Å². The topological polar surface area (TPSA) is 41.6 Å². The molecule has 1 N–H and O–H groups in total. The summed E-state index contributed by atoms with van der Waals surface area (Å²) in [5.41, 5.74) is 0. The largest absolute Gasteiger partial charge is 0.481 e. The molecule has 0 spiro atoms. The molecule has 0 radical (unpaired) electrons. The van der Waals surface area contributed by atoms with Gasteiger partial charge in [-0.2, -0.15) is 0 Å². The smallest absolute Gasteiger partial charge is 0.263 e. The lowest BCUT2D eigenvalue weighted by Gasteiger charge is -2.33. The highest BCUT2D eigenvalue weighted by Crippen LogP contribution is 2.20. The van der Waals surface area contributed by atoms with E-state index in [4.69, 9.17) is 4.74 Å². The minimum absolute atomic E-state index is 0.118. The van der Waals surface area contributed by atoms with Gasteiger partial charge in [-0.3, -0.25) is 4.79 Å². The monoisotopic (exact) mass is 312 g/mol. The first-order valence-corrected chi connectivity index (χ1v) is 7.56. The number of benzene rings is 1. The van der Waals surface area contributed by atoms with Crippen molar-refractivity contribution in [3.63, 3.8) is 0 Å². The van der Waals surface area contributed by atoms with E-state index in [9.17, 15) is 13.6 Å². The van der Waals surface area contributed by atoms with Crippen molar-refractivity contribution in [2.75, 3.05) is 26.7 Å². The molecule has 0 bridgehead atoms. The summed E-state index contributed by atoms with van der Waals surface area (Å²) in [6.07, 6.45) is 1.21. The number of hydrogen-bond donors (Lipinski definition) is 1. The van der Waals surface area contributed by atoms with Gasteiger partial charge in [-0.25, -0.2) is 8.78 Å². The second kappa shape index (κ2) is 7.54. The number of nitrogens with zero attached hydrogens (tertiary/aromatic N) is 1. The van der Waals surface area contributed by atoms with Crippen LogP contribution in [-0.2, 0) is 4.79 Å². The molecule has 1 aliphatic heterocycles. The molecule has 4 nitrogen and oxygen atoms in total. The zero-order valence-corrected chi connectivity index (χ0v) is 12.9. The average Bonchev–Trinajstić information content (AvgIpc) is 2.51. The molecule has 1 amide bonds. The van der Waals surface area contributed by atoms with Gasteiger partial charge in [0.1, 0.15) is 5.75 Å². The van der Waals surface area contributed by atoms with Crippen LogP contribution in [0.15, 0.2) is 18.2 Å². The Morgan fingerprint density at radius 1 is 1.36 bits per heavy atom. The van der Waals surface area contributed by atoms with E-state index < -0.39 is 17.7 Å². The van der Waals surface area contributed by atoms with Crippen molar-refractivity contribution in [3.05, 3.63) is 29.8 Å². The first-order valence-electron chi connectivity index (χ1n) is 7.56. The zero-order valence-electron chi connectivity index (χ0n) is 12.9. The summed E-state index contributed by atoms with van der Waals surface area (Å²) in [7, 11) is 1.93. The van der Waals surface area contributed by atoms with Gasteiger partial charge < -0.3 is 15.0 Å². The fraction of sp³-hybridized carbons (Fsp3) is 0.562. The van der Waals surface area contributed by atoms with Crippen LogP contribution >= 0.6 is 0 Å². The molecule has 0 saturated carbocycles. The van der Waals surface area contributed by atoms with Gasteiger partial charge in [0.05, 0.1) is 0 Å². The average molecular weight is 312 g/mol. The van der Waals surface area contributed by atoms with E-state index in [1.54, 1.807) is 11.8 Å². The van der Waals surface area contributed by atoms with E-state index in [0.717, 1.165) is 31.5 Å². The lowest BCUT2D eigenvalue weighted by molar-refractivity contribution is -0.139. The minimum Gasteiger partial charge on any atom is -0.481 e. The molecular weight excluding hydrogens is 290 g/mol. The lowest BCUT2D eigenvalue weighted by atomic mass is 9.96. The van der Waals surface area contributed by atoms with E-state index in [-0.39, 0.29) is 11.7 Å². The Bertz CT molecular complexity index is 517. The summed E-state index contributed by atoms with van der Waals surface area (Å²) in [5.74, 6) is -1.28. The van der Waals surface area contributed by atoms with E-state index >= 15 is 0 Å². The number of nitrogens with one attached hydrogen (secondary N) is 1. The maximum absolute atomic E-state index is 13.1. The molecule has 1 unspecified atom stereocenters. The van der Waals surface area contributed by atoms with Gasteiger partial charge in [0, 0.05) is 19.2 Å². The predicted molar refractivity (Wildman–Crippen MR) is 79.7 cm³/mol. The number of hydrogen-bond acceptors (Lipinski definition) is 3. The molecule has 22 heavy (non-hydrogen) atoms. The predicted octanol–water partition coefficient (Wildman–Crippen LogP) is 2.19. The molecular formula is C16H22F2N2O2. The quantitative estimate of drug-likeness (QED) is 0.906. The van der Waals surface area contributed by atoms with Gasteiger partial charge in [-0.05, 0) is 51.4 Å². The number of likely N-dealkylation sites (tertiary alicyclic amines) is 1. The summed E-state index contributed by atoms with van der Waals surface area (Å²) >= 11 is 0. The Balaban J connectivity index is 1.88. The van der Waals surface area contributed by atoms with Crippen molar-refractivity contribution in [2.45, 2.75) is 25.9 Å². The van der Waals surface area contributed by atoms with Crippen LogP contribution in [0.25, 0.3) is 0 Å². The first-order chi connectivity index (χ1) is 10.5. The molecule has 1 heterocycles. The van der Waals surface area contributed by atoms with Crippen LogP contribution in [0.1, 0.15) is 19.8 Å². The Kier molecular flexibility index (Phi) is 5.71. The third-order valence-electron chi connectivity index (χ3n) is 3.97. The van der Waals surface area contributed by atoms with Gasteiger partial charge in [0.2, 0.25) is 0 Å². The summed E-state index contributed by atoms with van der Waals surface area (Å²) in [4.78, 5) is 14.1. The maximum atomic E-state index is 13.1. The van der Waals surface area contributed by atoms with Gasteiger partial charge >= 0.3 is 0 Å². The Morgan fingerprint density at radius 3 is 2.64 bits per heavy atom. The molecule has 122 valence electrons. The third-order valence-corrected chi connectivity index (χ3v) is 3.97. The second-order valence-corrected chi connectivity index (χ2v) is 5.66. The molecule has 1 aliphatic rings. The van der Waals surface area contributed by atoms with Crippen LogP contribution in [0, 0.1) is 17.6 Å². The van der Waals surface area contributed by atoms with Crippen molar-refractivity contribution < 1.29 is 18.3 Å². The van der Waals surface area contributed by atoms with Crippen LogP contribution in [0.5, 0.6) is 5.75 Å². The third kappa shape index (κ3) is 4.16. The number of halogens is 2. The molecule has 1 aromatic rings. The summed E-state index contributed by atoms with van der Waals surface area (Å²) < 4.78 is 31.4. The fourth-order valence-electron chi connectivity index (χ4n) is 2.71. The molecule has 0 aromatic heterocycles. The van der Waals surface area contributed by atoms with E-state index in [0.29, 0.717) is 19.0 Å². The highest BCUT2D eigenvalue weighted by molar-refractivity contribution is 5.81. The van der Waals surface area contributed by atoms with E-state index in [1.165, 1.54) is 6.07 Å². The van der Waals surface area contributed by atoms with Crippen molar-refractivity contribution in [1.29, 1.82) is 0 Å². The highest BCUT2D eigenvalue weighted by atomic mass is 19.2. The number of amides is 1. The highest BCUT2D eigenvalue weighted by Gasteiger charge is 2.26. The van der Waals surface area contributed by atoms with Gasteiger partial charge in [-0.1, -0.05) is 0 Å². The first kappa shape index (κ1) is 16.7. The molecule has 0 aliphatic carbocycles. The van der Waals surface area contributed by atoms with Crippen LogP contribution in [0.3, 0.4) is 0 Å². The van der Waals surface area contributed by atoms with Crippen molar-refractivity contribution in [3.8, 4) is 5.75 Å². The summed E-state index contributed by atoms with van der Waals surface area (Å²) in [6, 6.07) is 3.27. The SMILES string of the molecule is CNCC1CCN(C(=O)C(C)Oc2ccc(F)c(F)c2)CC1. The number of carbonyl (C=O) groups is 1. The maximum Gasteiger partial charge on any atom is 0.263 e. The summed E-state index contributed by atoms with van der Waals surface area (Å²) in [6.45, 7) is 4.00.